The number of amides is 1. The molecule has 0 saturated heterocycles. The van der Waals surface area contributed by atoms with Gasteiger partial charge in [0.2, 0.25) is 5.95 Å². The summed E-state index contributed by atoms with van der Waals surface area (Å²) >= 11 is 5.92. The van der Waals surface area contributed by atoms with Crippen LogP contribution < -0.4 is 11.1 Å². The maximum Gasteiger partial charge on any atom is 0.407 e. The Balaban J connectivity index is 1.35. The minimum atomic E-state index is -1.40. The van der Waals surface area contributed by atoms with Crippen LogP contribution in [0.4, 0.5) is 10.7 Å². The molecule has 0 aliphatic heterocycles. The first-order chi connectivity index (χ1) is 15.0. The Hall–Kier alpha value is -3.20. The van der Waals surface area contributed by atoms with Crippen LogP contribution in [0.25, 0.3) is 11.1 Å². The normalized spacial score (nSPS) is 14.4. The molecule has 4 rings (SSSR count). The van der Waals surface area contributed by atoms with Crippen LogP contribution in [0.1, 0.15) is 28.7 Å². The van der Waals surface area contributed by atoms with Gasteiger partial charge in [0.25, 0.3) is 0 Å². The van der Waals surface area contributed by atoms with Crippen LogP contribution in [0.15, 0.2) is 54.7 Å². The Bertz CT molecular complexity index is 1060. The number of fused-ring (bicyclic) bond motifs is 3. The fourth-order valence-corrected chi connectivity index (χ4v) is 3.98. The number of nitrogens with zero attached hydrogens (tertiary/aromatic N) is 2. The lowest BCUT2D eigenvalue weighted by Gasteiger charge is -2.19. The number of nitrogens with two attached hydrogens (primary N) is 1. The van der Waals surface area contributed by atoms with Gasteiger partial charge in [-0.1, -0.05) is 60.1 Å². The molecular weight excluding hydrogens is 420 g/mol. The molecule has 0 radical (unpaired) electrons. The van der Waals surface area contributed by atoms with Crippen molar-refractivity contribution in [3.05, 3.63) is 76.6 Å². The third-order valence-electron chi connectivity index (χ3n) is 5.27. The molecule has 3 aromatic rings. The van der Waals surface area contributed by atoms with Crippen LogP contribution in [-0.4, -0.2) is 45.5 Å². The van der Waals surface area contributed by atoms with Crippen molar-refractivity contribution in [2.24, 2.45) is 0 Å². The van der Waals surface area contributed by atoms with Gasteiger partial charge in [-0.25, -0.2) is 14.8 Å². The second kappa shape index (κ2) is 8.89. The molecule has 0 bridgehead atoms. The average molecular weight is 441 g/mol. The number of nitrogen functional groups attached to an aromatic ring is 1. The molecule has 1 heterocycles. The molecule has 0 spiro atoms. The van der Waals surface area contributed by atoms with E-state index in [1.54, 1.807) is 0 Å². The summed E-state index contributed by atoms with van der Waals surface area (Å²) in [5, 5.41) is 22.8. The Labute approximate surface area is 183 Å². The summed E-state index contributed by atoms with van der Waals surface area (Å²) in [7, 11) is 0. The summed E-state index contributed by atoms with van der Waals surface area (Å²) in [4.78, 5) is 19.7. The maximum absolute atomic E-state index is 12.2. The number of benzene rings is 2. The Kier molecular flexibility index (Phi) is 6.03. The quantitative estimate of drug-likeness (QED) is 0.433. The molecule has 2 aromatic carbocycles. The Morgan fingerprint density at radius 2 is 1.74 bits per heavy atom. The predicted molar refractivity (Wildman–Crippen MR) is 115 cm³/mol. The number of hydrogen-bond donors (Lipinski definition) is 4. The van der Waals surface area contributed by atoms with Crippen LogP contribution in [0.3, 0.4) is 0 Å². The minimum absolute atomic E-state index is 0.0489. The Morgan fingerprint density at radius 1 is 1.13 bits per heavy atom. The van der Waals surface area contributed by atoms with Crippen molar-refractivity contribution in [3.63, 3.8) is 0 Å². The van der Waals surface area contributed by atoms with Gasteiger partial charge in [-0.05, 0) is 22.3 Å². The van der Waals surface area contributed by atoms with Gasteiger partial charge in [-0.15, -0.1) is 0 Å². The smallest absolute Gasteiger partial charge is 0.407 e. The number of nitrogens with one attached hydrogen (secondary N) is 1. The SMILES string of the molecule is Nc1ncc(C(O)C(O)CNC(=O)OCC2c3ccccc3-c3ccccc32)c(Cl)n1. The van der Waals surface area contributed by atoms with E-state index in [0.717, 1.165) is 22.3 Å². The minimum Gasteiger partial charge on any atom is -0.449 e. The zero-order chi connectivity index (χ0) is 22.0. The predicted octanol–water partition coefficient (Wildman–Crippen LogP) is 2.65. The molecule has 160 valence electrons. The zero-order valence-corrected chi connectivity index (χ0v) is 17.2. The van der Waals surface area contributed by atoms with E-state index in [1.165, 1.54) is 6.20 Å². The van der Waals surface area contributed by atoms with Gasteiger partial charge in [0.05, 0.1) is 0 Å². The number of carbonyl (C=O) groups excluding carboxylic acids is 1. The second-order valence-electron chi connectivity index (χ2n) is 7.19. The lowest BCUT2D eigenvalue weighted by atomic mass is 9.98. The maximum atomic E-state index is 12.2. The second-order valence-corrected chi connectivity index (χ2v) is 7.55. The fourth-order valence-electron chi connectivity index (χ4n) is 3.74. The van der Waals surface area contributed by atoms with Crippen molar-refractivity contribution < 1.29 is 19.7 Å². The van der Waals surface area contributed by atoms with E-state index in [4.69, 9.17) is 22.1 Å². The average Bonchev–Trinajstić information content (AvgIpc) is 3.09. The van der Waals surface area contributed by atoms with Gasteiger partial charge in [0.15, 0.2) is 0 Å². The molecule has 1 amide bonds. The summed E-state index contributed by atoms with van der Waals surface area (Å²) in [5.74, 6) is -0.119. The molecule has 1 aliphatic carbocycles. The molecule has 1 aromatic heterocycles. The molecule has 9 heteroatoms. The van der Waals surface area contributed by atoms with Crippen molar-refractivity contribution in [3.8, 4) is 11.1 Å². The lowest BCUT2D eigenvalue weighted by molar-refractivity contribution is 0.0182. The zero-order valence-electron chi connectivity index (χ0n) is 16.4. The van der Waals surface area contributed by atoms with Gasteiger partial charge in [-0.2, -0.15) is 0 Å². The van der Waals surface area contributed by atoms with Crippen LogP contribution in [0.5, 0.6) is 0 Å². The highest BCUT2D eigenvalue weighted by atomic mass is 35.5. The van der Waals surface area contributed by atoms with Crippen molar-refractivity contribution in [1.82, 2.24) is 15.3 Å². The van der Waals surface area contributed by atoms with Gasteiger partial charge < -0.3 is 26.0 Å². The third-order valence-corrected chi connectivity index (χ3v) is 5.57. The molecule has 31 heavy (non-hydrogen) atoms. The van der Waals surface area contributed by atoms with E-state index >= 15 is 0 Å². The van der Waals surface area contributed by atoms with E-state index < -0.39 is 18.3 Å². The fraction of sp³-hybridized carbons (Fsp3) is 0.227. The number of aromatic nitrogens is 2. The van der Waals surface area contributed by atoms with E-state index in [2.05, 4.69) is 27.4 Å². The first-order valence-corrected chi connectivity index (χ1v) is 10.1. The van der Waals surface area contributed by atoms with Gasteiger partial charge in [-0.3, -0.25) is 0 Å². The molecular formula is C22H21ClN4O4. The summed E-state index contributed by atoms with van der Waals surface area (Å²) in [6.07, 6.45) is -2.22. The van der Waals surface area contributed by atoms with Crippen molar-refractivity contribution in [1.29, 1.82) is 0 Å². The van der Waals surface area contributed by atoms with Gasteiger partial charge in [0.1, 0.15) is 24.0 Å². The molecule has 2 atom stereocenters. The van der Waals surface area contributed by atoms with E-state index in [-0.39, 0.29) is 35.7 Å². The number of rotatable bonds is 6. The summed E-state index contributed by atoms with van der Waals surface area (Å²) in [5.41, 5.74) is 10.0. The van der Waals surface area contributed by atoms with Crippen molar-refractivity contribution in [2.75, 3.05) is 18.9 Å². The molecule has 2 unspecified atom stereocenters. The number of alkyl carbamates (subject to hydrolysis) is 1. The molecule has 5 N–H and O–H groups in total. The van der Waals surface area contributed by atoms with Crippen LogP contribution >= 0.6 is 11.6 Å². The molecule has 1 aliphatic rings. The number of anilines is 1. The molecule has 0 fully saturated rings. The number of carbonyl (C=O) groups is 1. The topological polar surface area (TPSA) is 131 Å². The van der Waals surface area contributed by atoms with Crippen LogP contribution in [0, 0.1) is 0 Å². The number of hydrogen-bond acceptors (Lipinski definition) is 7. The highest BCUT2D eigenvalue weighted by Gasteiger charge is 2.29. The van der Waals surface area contributed by atoms with E-state index in [9.17, 15) is 15.0 Å². The monoisotopic (exact) mass is 440 g/mol. The van der Waals surface area contributed by atoms with E-state index in [1.807, 2.05) is 36.4 Å². The first-order valence-electron chi connectivity index (χ1n) is 9.68. The number of aliphatic hydroxyl groups excluding tert-OH is 2. The largest absolute Gasteiger partial charge is 0.449 e. The van der Waals surface area contributed by atoms with Crippen molar-refractivity contribution >= 4 is 23.6 Å². The van der Waals surface area contributed by atoms with Crippen molar-refractivity contribution in [2.45, 2.75) is 18.1 Å². The highest BCUT2D eigenvalue weighted by Crippen LogP contribution is 2.44. The molecule has 8 nitrogen and oxygen atoms in total. The van der Waals surface area contributed by atoms with Crippen LogP contribution in [0.2, 0.25) is 5.15 Å². The first kappa shape index (κ1) is 21.0. The third kappa shape index (κ3) is 4.32. The highest BCUT2D eigenvalue weighted by molar-refractivity contribution is 6.30. The summed E-state index contributed by atoms with van der Waals surface area (Å²) in [6, 6.07) is 16.0. The number of aliphatic hydroxyl groups is 2. The Morgan fingerprint density at radius 3 is 2.35 bits per heavy atom. The van der Waals surface area contributed by atoms with Crippen LogP contribution in [-0.2, 0) is 4.74 Å². The van der Waals surface area contributed by atoms with Gasteiger partial charge >= 0.3 is 6.09 Å². The molecule has 0 saturated carbocycles. The summed E-state index contributed by atoms with van der Waals surface area (Å²) < 4.78 is 5.40. The van der Waals surface area contributed by atoms with Gasteiger partial charge in [0, 0.05) is 24.2 Å². The summed E-state index contributed by atoms with van der Waals surface area (Å²) in [6.45, 7) is -0.102. The standard InChI is InChI=1S/C22H21ClN4O4/c23-20-16(9-25-21(24)27-20)19(29)18(28)10-26-22(30)31-11-17-14-7-3-1-5-12(14)13-6-2-4-8-15(13)17/h1-9,17-19,28-29H,10-11H2,(H,26,30)(H2,24,25,27). The number of ether oxygens (including phenoxy) is 1. The lowest BCUT2D eigenvalue weighted by Crippen LogP contribution is -2.36. The number of halogens is 1. The van der Waals surface area contributed by atoms with E-state index in [0.29, 0.717) is 0 Å².